The third-order valence-corrected chi connectivity index (χ3v) is 3.66. The van der Waals surface area contributed by atoms with Gasteiger partial charge in [0.2, 0.25) is 0 Å². The predicted octanol–water partition coefficient (Wildman–Crippen LogP) is 2.21. The Morgan fingerprint density at radius 3 is 2.67 bits per heavy atom. The molecule has 0 aromatic carbocycles. The fourth-order valence-electron chi connectivity index (χ4n) is 2.78. The molecular weight excluding hydrogens is 226 g/mol. The topological polar surface area (TPSA) is 30.3 Å². The number of aryl methyl sites for hydroxylation is 1. The van der Waals surface area contributed by atoms with Crippen molar-refractivity contribution in [2.45, 2.75) is 52.7 Å². The number of hydrogen-bond donors (Lipinski definition) is 0. The molecule has 1 aromatic rings. The van der Waals surface area contributed by atoms with Gasteiger partial charge in [-0.1, -0.05) is 13.8 Å². The van der Waals surface area contributed by atoms with Crippen molar-refractivity contribution in [3.05, 3.63) is 17.7 Å². The van der Waals surface area contributed by atoms with Crippen LogP contribution in [0.3, 0.4) is 0 Å². The number of ether oxygens (including phenoxy) is 1. The number of aromatic nitrogens is 2. The Labute approximate surface area is 110 Å². The molecule has 1 fully saturated rings. The zero-order valence-electron chi connectivity index (χ0n) is 11.9. The van der Waals surface area contributed by atoms with E-state index in [0.29, 0.717) is 6.04 Å². The first-order chi connectivity index (χ1) is 8.83. The summed E-state index contributed by atoms with van der Waals surface area (Å²) in [4.78, 5) is 7.16. The monoisotopic (exact) mass is 251 g/mol. The number of hydrogen-bond acceptors (Lipinski definition) is 3. The molecule has 18 heavy (non-hydrogen) atoms. The Morgan fingerprint density at radius 2 is 1.94 bits per heavy atom. The lowest BCUT2D eigenvalue weighted by atomic mass is 10.1. The molecule has 0 aliphatic carbocycles. The summed E-state index contributed by atoms with van der Waals surface area (Å²) in [5.41, 5.74) is 1.14. The molecule has 0 radical (unpaired) electrons. The van der Waals surface area contributed by atoms with Gasteiger partial charge in [-0.3, -0.25) is 4.90 Å². The van der Waals surface area contributed by atoms with Crippen molar-refractivity contribution in [3.63, 3.8) is 0 Å². The summed E-state index contributed by atoms with van der Waals surface area (Å²) < 4.78 is 7.71. The first-order valence-electron chi connectivity index (χ1n) is 7.17. The van der Waals surface area contributed by atoms with Crippen molar-refractivity contribution in [1.82, 2.24) is 14.5 Å². The Bertz CT molecular complexity index is 369. The van der Waals surface area contributed by atoms with Gasteiger partial charge in [0.1, 0.15) is 5.82 Å². The molecule has 4 heteroatoms. The molecule has 0 unspecified atom stereocenters. The lowest BCUT2D eigenvalue weighted by Crippen LogP contribution is -2.43. The highest BCUT2D eigenvalue weighted by molar-refractivity contribution is 5.04. The fourth-order valence-corrected chi connectivity index (χ4v) is 2.78. The van der Waals surface area contributed by atoms with Crippen LogP contribution in [0.1, 0.15) is 38.2 Å². The molecule has 4 nitrogen and oxygen atoms in total. The Balaban J connectivity index is 0.000000574. The maximum Gasteiger partial charge on any atom is 0.123 e. The summed E-state index contributed by atoms with van der Waals surface area (Å²) in [6.45, 7) is 11.2. The molecule has 1 saturated heterocycles. The van der Waals surface area contributed by atoms with E-state index in [-0.39, 0.29) is 0 Å². The number of rotatable bonds is 1. The fraction of sp³-hybridized carbons (Fsp3) is 0.786. The Kier molecular flexibility index (Phi) is 4.78. The van der Waals surface area contributed by atoms with Crippen LogP contribution in [0.25, 0.3) is 0 Å². The van der Waals surface area contributed by atoms with Crippen LogP contribution in [-0.2, 0) is 17.8 Å². The standard InChI is InChI=1S/C12H19N3O.C2H6/c1-10-8-15-5-4-14(9-12(15)13-10)11-2-6-16-7-3-11;1-2/h8,11H,2-7,9H2,1H3;1-2H3. The van der Waals surface area contributed by atoms with Crippen LogP contribution in [0.2, 0.25) is 0 Å². The van der Waals surface area contributed by atoms with E-state index in [1.165, 1.54) is 18.7 Å². The van der Waals surface area contributed by atoms with E-state index in [9.17, 15) is 0 Å². The van der Waals surface area contributed by atoms with Gasteiger partial charge in [0, 0.05) is 38.5 Å². The highest BCUT2D eigenvalue weighted by Gasteiger charge is 2.25. The zero-order valence-corrected chi connectivity index (χ0v) is 11.9. The predicted molar refractivity (Wildman–Crippen MR) is 72.6 cm³/mol. The largest absolute Gasteiger partial charge is 0.381 e. The van der Waals surface area contributed by atoms with Crippen molar-refractivity contribution in [2.24, 2.45) is 0 Å². The minimum atomic E-state index is 0.708. The van der Waals surface area contributed by atoms with Gasteiger partial charge in [-0.25, -0.2) is 4.98 Å². The van der Waals surface area contributed by atoms with E-state index in [1.54, 1.807) is 0 Å². The van der Waals surface area contributed by atoms with Crippen LogP contribution < -0.4 is 0 Å². The van der Waals surface area contributed by atoms with E-state index in [1.807, 2.05) is 13.8 Å². The summed E-state index contributed by atoms with van der Waals surface area (Å²) in [5, 5.41) is 0. The Morgan fingerprint density at radius 1 is 1.22 bits per heavy atom. The summed E-state index contributed by atoms with van der Waals surface area (Å²) in [6, 6.07) is 0.708. The molecule has 102 valence electrons. The molecule has 0 amide bonds. The van der Waals surface area contributed by atoms with Crippen molar-refractivity contribution in [3.8, 4) is 0 Å². The van der Waals surface area contributed by atoms with Crippen LogP contribution in [-0.4, -0.2) is 40.3 Å². The van der Waals surface area contributed by atoms with Gasteiger partial charge in [-0.05, 0) is 19.8 Å². The molecule has 0 bridgehead atoms. The summed E-state index contributed by atoms with van der Waals surface area (Å²) >= 11 is 0. The number of imidazole rings is 1. The van der Waals surface area contributed by atoms with E-state index in [4.69, 9.17) is 4.74 Å². The quantitative estimate of drug-likeness (QED) is 0.766. The smallest absolute Gasteiger partial charge is 0.123 e. The minimum Gasteiger partial charge on any atom is -0.381 e. The Hall–Kier alpha value is -0.870. The van der Waals surface area contributed by atoms with Gasteiger partial charge in [-0.15, -0.1) is 0 Å². The average Bonchev–Trinajstić information content (AvgIpc) is 2.81. The van der Waals surface area contributed by atoms with E-state index >= 15 is 0 Å². The molecular formula is C14H25N3O. The third-order valence-electron chi connectivity index (χ3n) is 3.66. The summed E-state index contributed by atoms with van der Waals surface area (Å²) in [7, 11) is 0. The number of nitrogens with zero attached hydrogens (tertiary/aromatic N) is 3. The van der Waals surface area contributed by atoms with Gasteiger partial charge in [0.25, 0.3) is 0 Å². The summed E-state index contributed by atoms with van der Waals surface area (Å²) in [5.74, 6) is 1.23. The van der Waals surface area contributed by atoms with Crippen LogP contribution in [0, 0.1) is 6.92 Å². The average molecular weight is 251 g/mol. The SMILES string of the molecule is CC.Cc1cn2c(n1)CN(C1CCOCC1)CC2. The summed E-state index contributed by atoms with van der Waals surface area (Å²) in [6.07, 6.45) is 4.52. The first-order valence-corrected chi connectivity index (χ1v) is 7.17. The van der Waals surface area contributed by atoms with Gasteiger partial charge >= 0.3 is 0 Å². The third kappa shape index (κ3) is 2.93. The molecule has 2 aliphatic heterocycles. The molecule has 0 saturated carbocycles. The van der Waals surface area contributed by atoms with Gasteiger partial charge in [0.15, 0.2) is 0 Å². The van der Waals surface area contributed by atoms with Crippen LogP contribution in [0.5, 0.6) is 0 Å². The van der Waals surface area contributed by atoms with Gasteiger partial charge in [0.05, 0.1) is 12.2 Å². The zero-order chi connectivity index (χ0) is 13.0. The molecule has 2 aliphatic rings. The lowest BCUT2D eigenvalue weighted by Gasteiger charge is -2.36. The van der Waals surface area contributed by atoms with Crippen LogP contribution in [0.15, 0.2) is 6.20 Å². The minimum absolute atomic E-state index is 0.708. The van der Waals surface area contributed by atoms with Gasteiger partial charge in [-0.2, -0.15) is 0 Å². The molecule has 0 spiro atoms. The second-order valence-corrected chi connectivity index (χ2v) is 4.81. The lowest BCUT2D eigenvalue weighted by molar-refractivity contribution is 0.0235. The first kappa shape index (κ1) is 13.6. The number of fused-ring (bicyclic) bond motifs is 1. The highest BCUT2D eigenvalue weighted by Crippen LogP contribution is 2.20. The van der Waals surface area contributed by atoms with Crippen molar-refractivity contribution in [1.29, 1.82) is 0 Å². The highest BCUT2D eigenvalue weighted by atomic mass is 16.5. The van der Waals surface area contributed by atoms with Crippen LogP contribution in [0.4, 0.5) is 0 Å². The molecule has 0 N–H and O–H groups in total. The van der Waals surface area contributed by atoms with E-state index in [0.717, 1.165) is 38.5 Å². The van der Waals surface area contributed by atoms with Crippen molar-refractivity contribution in [2.75, 3.05) is 19.8 Å². The molecule has 3 heterocycles. The van der Waals surface area contributed by atoms with E-state index in [2.05, 4.69) is 27.6 Å². The maximum absolute atomic E-state index is 5.42. The van der Waals surface area contributed by atoms with Crippen molar-refractivity contribution >= 4 is 0 Å². The normalized spacial score (nSPS) is 21.1. The second kappa shape index (κ2) is 6.34. The molecule has 1 aromatic heterocycles. The maximum atomic E-state index is 5.42. The molecule has 3 rings (SSSR count). The van der Waals surface area contributed by atoms with Gasteiger partial charge < -0.3 is 9.30 Å². The van der Waals surface area contributed by atoms with Crippen LogP contribution >= 0.6 is 0 Å². The molecule has 0 atom stereocenters. The van der Waals surface area contributed by atoms with E-state index < -0.39 is 0 Å². The van der Waals surface area contributed by atoms with Crippen molar-refractivity contribution < 1.29 is 4.74 Å². The second-order valence-electron chi connectivity index (χ2n) is 4.81.